The van der Waals surface area contributed by atoms with Crippen molar-refractivity contribution in [3.05, 3.63) is 12.7 Å². The van der Waals surface area contributed by atoms with Crippen molar-refractivity contribution in [1.82, 2.24) is 24.9 Å². The molecule has 0 aromatic carbocycles. The number of hydrogen-bond donors (Lipinski definition) is 1. The third kappa shape index (κ3) is 12.8. The number of carbonyl (C=O) groups is 5. The molecule has 1 rings (SSSR count). The Balaban J connectivity index is 3.24. The zero-order chi connectivity index (χ0) is 25.7. The first kappa shape index (κ1) is 29.8. The van der Waals surface area contributed by atoms with Gasteiger partial charge in [0.2, 0.25) is 5.91 Å². The zero-order valence-electron chi connectivity index (χ0n) is 21.2. The summed E-state index contributed by atoms with van der Waals surface area (Å²) in [5, 5.41) is 2.83. The predicted molar refractivity (Wildman–Crippen MR) is 131 cm³/mol. The number of carbonyl (C=O) groups excluding carboxylic acids is 5. The largest absolute Gasteiger partial charge is 0.351 e. The molecule has 1 atom stereocenters. The van der Waals surface area contributed by atoms with Gasteiger partial charge in [-0.05, 0) is 33.8 Å². The Morgan fingerprint density at radius 3 is 1.56 bits per heavy atom. The quantitative estimate of drug-likeness (QED) is 0.382. The minimum Gasteiger partial charge on any atom is -0.351 e. The maximum Gasteiger partial charge on any atom is 0.243 e. The van der Waals surface area contributed by atoms with Crippen LogP contribution in [0.2, 0.25) is 0 Å². The lowest BCUT2D eigenvalue weighted by Crippen LogP contribution is -2.55. The first-order valence-electron chi connectivity index (χ1n) is 11.8. The van der Waals surface area contributed by atoms with Crippen molar-refractivity contribution in [1.29, 1.82) is 0 Å². The van der Waals surface area contributed by atoms with Crippen LogP contribution in [0.4, 0.5) is 0 Å². The molecule has 10 heteroatoms. The van der Waals surface area contributed by atoms with Crippen molar-refractivity contribution in [2.45, 2.75) is 33.7 Å². The summed E-state index contributed by atoms with van der Waals surface area (Å²) in [5.74, 6) is -0.189. The fourth-order valence-electron chi connectivity index (χ4n) is 4.13. The van der Waals surface area contributed by atoms with Gasteiger partial charge in [0.1, 0.15) is 23.1 Å². The van der Waals surface area contributed by atoms with Crippen molar-refractivity contribution < 1.29 is 24.0 Å². The van der Waals surface area contributed by atoms with Gasteiger partial charge in [-0.25, -0.2) is 0 Å². The van der Waals surface area contributed by atoms with E-state index in [1.54, 1.807) is 13.8 Å². The molecule has 10 nitrogen and oxygen atoms in total. The number of nitrogens with zero attached hydrogens (tertiary/aromatic N) is 4. The summed E-state index contributed by atoms with van der Waals surface area (Å²) < 4.78 is 0. The number of amides is 1. The molecule has 1 aliphatic rings. The van der Waals surface area contributed by atoms with Crippen LogP contribution >= 0.6 is 0 Å². The minimum atomic E-state index is -0.308. The van der Waals surface area contributed by atoms with Gasteiger partial charge in [0.05, 0.1) is 26.2 Å². The van der Waals surface area contributed by atoms with Gasteiger partial charge < -0.3 is 5.32 Å². The normalized spacial score (nSPS) is 20.1. The second kappa shape index (κ2) is 15.6. The van der Waals surface area contributed by atoms with Crippen molar-refractivity contribution in [2.24, 2.45) is 0 Å². The monoisotopic (exact) mass is 479 g/mol. The average molecular weight is 480 g/mol. The molecule has 1 fully saturated rings. The molecule has 0 aromatic rings. The van der Waals surface area contributed by atoms with Crippen molar-refractivity contribution in [3.8, 4) is 0 Å². The summed E-state index contributed by atoms with van der Waals surface area (Å²) in [6.45, 7) is 14.9. The summed E-state index contributed by atoms with van der Waals surface area (Å²) in [7, 11) is 0. The standard InChI is InChI=1S/C24H41N5O5/c1-6-24(34)25-13-23-18-28(16-21(4)32)10-9-26(14-19(2)30)7-8-27(15-20(3)31)11-12-29(23)17-22(5)33/h6,23H,1,7-18H2,2-5H3,(H,25,34). The van der Waals surface area contributed by atoms with Gasteiger partial charge in [-0.1, -0.05) is 6.58 Å². The van der Waals surface area contributed by atoms with Crippen LogP contribution < -0.4 is 5.32 Å². The third-order valence-corrected chi connectivity index (χ3v) is 5.62. The number of nitrogens with one attached hydrogen (secondary N) is 1. The Labute approximate surface area is 203 Å². The highest BCUT2D eigenvalue weighted by Crippen LogP contribution is 2.07. The van der Waals surface area contributed by atoms with E-state index in [1.807, 2.05) is 19.6 Å². The van der Waals surface area contributed by atoms with Crippen molar-refractivity contribution >= 4 is 29.0 Å². The van der Waals surface area contributed by atoms with Crippen LogP contribution in [0, 0.1) is 0 Å². The summed E-state index contributed by atoms with van der Waals surface area (Å²) in [4.78, 5) is 67.7. The average Bonchev–Trinajstić information content (AvgIpc) is 2.72. The highest BCUT2D eigenvalue weighted by Gasteiger charge is 2.26. The Morgan fingerprint density at radius 1 is 0.706 bits per heavy atom. The van der Waals surface area contributed by atoms with Crippen LogP contribution in [-0.4, -0.2) is 133 Å². The second-order valence-corrected chi connectivity index (χ2v) is 9.17. The van der Waals surface area contributed by atoms with Crippen LogP contribution in [-0.2, 0) is 24.0 Å². The van der Waals surface area contributed by atoms with E-state index in [1.165, 1.54) is 19.9 Å². The highest BCUT2D eigenvalue weighted by molar-refractivity contribution is 5.86. The van der Waals surface area contributed by atoms with Gasteiger partial charge in [-0.3, -0.25) is 43.6 Å². The summed E-state index contributed by atoms with van der Waals surface area (Å²) in [5.41, 5.74) is 0. The van der Waals surface area contributed by atoms with E-state index in [-0.39, 0.29) is 61.3 Å². The van der Waals surface area contributed by atoms with E-state index >= 15 is 0 Å². The number of hydrogen-bond acceptors (Lipinski definition) is 9. The molecule has 192 valence electrons. The molecule has 1 N–H and O–H groups in total. The van der Waals surface area contributed by atoms with E-state index in [0.29, 0.717) is 52.4 Å². The topological polar surface area (TPSA) is 110 Å². The molecule has 34 heavy (non-hydrogen) atoms. The molecule has 0 saturated carbocycles. The van der Waals surface area contributed by atoms with Crippen LogP contribution in [0.25, 0.3) is 0 Å². The second-order valence-electron chi connectivity index (χ2n) is 9.17. The zero-order valence-corrected chi connectivity index (χ0v) is 21.2. The Bertz CT molecular complexity index is 741. The van der Waals surface area contributed by atoms with Crippen molar-refractivity contribution in [2.75, 3.05) is 78.5 Å². The molecule has 0 radical (unpaired) electrons. The van der Waals surface area contributed by atoms with Crippen LogP contribution in [0.3, 0.4) is 0 Å². The molecule has 0 aromatic heterocycles. The van der Waals surface area contributed by atoms with Crippen LogP contribution in [0.5, 0.6) is 0 Å². The molecule has 0 aliphatic carbocycles. The Kier molecular flexibility index (Phi) is 13.7. The van der Waals surface area contributed by atoms with Crippen LogP contribution in [0.1, 0.15) is 27.7 Å². The van der Waals surface area contributed by atoms with Gasteiger partial charge in [0, 0.05) is 58.4 Å². The lowest BCUT2D eigenvalue weighted by molar-refractivity contribution is -0.121. The molecule has 1 aliphatic heterocycles. The summed E-state index contributed by atoms with van der Waals surface area (Å²) in [6.07, 6.45) is 1.20. The lowest BCUT2D eigenvalue weighted by atomic mass is 10.1. The van der Waals surface area contributed by atoms with Gasteiger partial charge >= 0.3 is 0 Å². The van der Waals surface area contributed by atoms with E-state index in [2.05, 4.69) is 11.9 Å². The van der Waals surface area contributed by atoms with E-state index < -0.39 is 0 Å². The molecule has 1 amide bonds. The van der Waals surface area contributed by atoms with Gasteiger partial charge in [-0.2, -0.15) is 0 Å². The maximum atomic E-state index is 12.1. The molecular formula is C24H41N5O5. The predicted octanol–water partition coefficient (Wildman–Crippen LogP) is -0.765. The smallest absolute Gasteiger partial charge is 0.243 e. The first-order valence-corrected chi connectivity index (χ1v) is 11.8. The summed E-state index contributed by atoms with van der Waals surface area (Å²) >= 11 is 0. The molecular weight excluding hydrogens is 438 g/mol. The highest BCUT2D eigenvalue weighted by atomic mass is 16.2. The van der Waals surface area contributed by atoms with Gasteiger partial charge in [0.15, 0.2) is 0 Å². The minimum absolute atomic E-state index is 0.00369. The summed E-state index contributed by atoms with van der Waals surface area (Å²) in [6, 6.07) is -0.230. The fraction of sp³-hybridized carbons (Fsp3) is 0.708. The lowest BCUT2D eigenvalue weighted by Gasteiger charge is -2.38. The van der Waals surface area contributed by atoms with Crippen molar-refractivity contribution in [3.63, 3.8) is 0 Å². The third-order valence-electron chi connectivity index (χ3n) is 5.62. The molecule has 1 heterocycles. The molecule has 1 saturated heterocycles. The fourth-order valence-corrected chi connectivity index (χ4v) is 4.13. The maximum absolute atomic E-state index is 12.1. The van der Waals surface area contributed by atoms with Crippen LogP contribution in [0.15, 0.2) is 12.7 Å². The molecule has 0 bridgehead atoms. The first-order chi connectivity index (χ1) is 16.0. The Hall–Kier alpha value is -2.27. The molecule has 1 unspecified atom stereocenters. The molecule has 0 spiro atoms. The van der Waals surface area contributed by atoms with E-state index in [0.717, 1.165) is 0 Å². The number of Topliss-reactive ketones (excluding diaryl/α,β-unsaturated/α-hetero) is 4. The van der Waals surface area contributed by atoms with Gasteiger partial charge in [-0.15, -0.1) is 0 Å². The number of rotatable bonds is 11. The van der Waals surface area contributed by atoms with E-state index in [9.17, 15) is 24.0 Å². The SMILES string of the molecule is C=CC(=O)NCC1CN(CC(C)=O)CCN(CC(C)=O)CCN(CC(C)=O)CCN1CC(C)=O. The number of ketones is 4. The van der Waals surface area contributed by atoms with E-state index in [4.69, 9.17) is 0 Å². The van der Waals surface area contributed by atoms with Gasteiger partial charge in [0.25, 0.3) is 0 Å². The Morgan fingerprint density at radius 2 is 1.12 bits per heavy atom.